The molecule has 0 aromatic heterocycles. The van der Waals surface area contributed by atoms with Gasteiger partial charge in [-0.05, 0) is 24.8 Å². The van der Waals surface area contributed by atoms with Gasteiger partial charge in [0.05, 0.1) is 11.3 Å². The van der Waals surface area contributed by atoms with Crippen molar-refractivity contribution in [1.82, 2.24) is 0 Å². The topological polar surface area (TPSA) is 40.5 Å². The molecule has 3 nitrogen and oxygen atoms in total. The van der Waals surface area contributed by atoms with Gasteiger partial charge in [-0.2, -0.15) is 0 Å². The summed E-state index contributed by atoms with van der Waals surface area (Å²) in [4.78, 5) is 14.3. The maximum atomic E-state index is 11.4. The van der Waals surface area contributed by atoms with Crippen molar-refractivity contribution in [2.24, 2.45) is 0 Å². The van der Waals surface area contributed by atoms with Crippen LogP contribution >= 0.6 is 11.8 Å². The van der Waals surface area contributed by atoms with Gasteiger partial charge < -0.3 is 10.0 Å². The zero-order valence-corrected chi connectivity index (χ0v) is 12.1. The van der Waals surface area contributed by atoms with E-state index in [1.165, 1.54) is 24.6 Å². The minimum Gasteiger partial charge on any atom is -0.478 e. The molecule has 1 rings (SSSR count). The monoisotopic (exact) mass is 267 g/mol. The second-order valence-electron chi connectivity index (χ2n) is 4.29. The number of benzene rings is 1. The molecule has 1 N–H and O–H groups in total. The zero-order chi connectivity index (χ0) is 13.5. The van der Waals surface area contributed by atoms with E-state index in [1.807, 2.05) is 36.4 Å². The van der Waals surface area contributed by atoms with E-state index in [2.05, 4.69) is 6.92 Å². The number of carboxylic acids is 1. The normalized spacial score (nSPS) is 10.4. The highest BCUT2D eigenvalue weighted by atomic mass is 32.2. The maximum absolute atomic E-state index is 11.4. The summed E-state index contributed by atoms with van der Waals surface area (Å²) in [5.74, 6) is -0.850. The number of anilines is 1. The number of carboxylic acid groups (broad SMARTS) is 1. The first-order valence-electron chi connectivity index (χ1n) is 6.23. The number of hydrogen-bond donors (Lipinski definition) is 1. The molecule has 1 aromatic rings. The van der Waals surface area contributed by atoms with Gasteiger partial charge in [-0.3, -0.25) is 0 Å². The summed E-state index contributed by atoms with van der Waals surface area (Å²) in [5, 5.41) is 9.36. The van der Waals surface area contributed by atoms with Crippen LogP contribution in [-0.2, 0) is 0 Å². The minimum atomic E-state index is -0.850. The molecule has 0 bridgehead atoms. The van der Waals surface area contributed by atoms with Gasteiger partial charge in [0.2, 0.25) is 0 Å². The van der Waals surface area contributed by atoms with Crippen LogP contribution in [0.3, 0.4) is 0 Å². The maximum Gasteiger partial charge on any atom is 0.338 e. The summed E-state index contributed by atoms with van der Waals surface area (Å²) in [6.45, 7) is 3.06. The van der Waals surface area contributed by atoms with Crippen LogP contribution in [0.5, 0.6) is 0 Å². The lowest BCUT2D eigenvalue weighted by atomic mass is 10.1. The second kappa shape index (κ2) is 7.31. The second-order valence-corrected chi connectivity index (χ2v) is 5.14. The van der Waals surface area contributed by atoms with Gasteiger partial charge in [-0.25, -0.2) is 4.79 Å². The Hall–Kier alpha value is -1.16. The number of carbonyl (C=O) groups is 1. The number of unbranched alkanes of at least 4 members (excludes halogenated alkanes) is 2. The number of hydrogen-bond acceptors (Lipinski definition) is 3. The van der Waals surface area contributed by atoms with Crippen LogP contribution < -0.4 is 4.90 Å². The largest absolute Gasteiger partial charge is 0.478 e. The molecular formula is C14H21NO2S. The molecule has 0 aliphatic heterocycles. The van der Waals surface area contributed by atoms with Gasteiger partial charge in [0, 0.05) is 18.5 Å². The molecule has 0 spiro atoms. The van der Waals surface area contributed by atoms with Gasteiger partial charge in [-0.1, -0.05) is 25.8 Å². The smallest absolute Gasteiger partial charge is 0.338 e. The molecule has 0 atom stereocenters. The Bertz CT molecular complexity index is 407. The highest BCUT2D eigenvalue weighted by Crippen LogP contribution is 2.29. The van der Waals surface area contributed by atoms with Crippen LogP contribution in [0.4, 0.5) is 5.69 Å². The Labute approximate surface area is 113 Å². The van der Waals surface area contributed by atoms with E-state index in [4.69, 9.17) is 0 Å². The summed E-state index contributed by atoms with van der Waals surface area (Å²) < 4.78 is 0. The number of aromatic carboxylic acids is 1. The van der Waals surface area contributed by atoms with Gasteiger partial charge in [0.15, 0.2) is 0 Å². The predicted octanol–water partition coefficient (Wildman–Crippen LogP) is 3.73. The molecule has 0 amide bonds. The van der Waals surface area contributed by atoms with Crippen molar-refractivity contribution in [2.75, 3.05) is 24.7 Å². The van der Waals surface area contributed by atoms with Crippen molar-refractivity contribution in [2.45, 2.75) is 31.1 Å². The van der Waals surface area contributed by atoms with Crippen LogP contribution in [0.1, 0.15) is 36.5 Å². The average molecular weight is 267 g/mol. The summed E-state index contributed by atoms with van der Waals surface area (Å²) in [5.41, 5.74) is 1.23. The van der Waals surface area contributed by atoms with E-state index in [9.17, 15) is 9.90 Å². The van der Waals surface area contributed by atoms with E-state index in [-0.39, 0.29) is 0 Å². The quantitative estimate of drug-likeness (QED) is 0.603. The number of nitrogens with zero attached hydrogens (tertiary/aromatic N) is 1. The molecule has 0 saturated carbocycles. The molecule has 0 unspecified atom stereocenters. The van der Waals surface area contributed by atoms with Gasteiger partial charge in [-0.15, -0.1) is 11.8 Å². The predicted molar refractivity (Wildman–Crippen MR) is 78.0 cm³/mol. The van der Waals surface area contributed by atoms with Gasteiger partial charge >= 0.3 is 5.97 Å². The summed E-state index contributed by atoms with van der Waals surface area (Å²) in [6, 6.07) is 5.66. The fraction of sp³-hybridized carbons (Fsp3) is 0.500. The lowest BCUT2D eigenvalue weighted by Gasteiger charge is -2.22. The van der Waals surface area contributed by atoms with Gasteiger partial charge in [0.25, 0.3) is 0 Å². The van der Waals surface area contributed by atoms with Gasteiger partial charge in [0.1, 0.15) is 0 Å². The highest BCUT2D eigenvalue weighted by Gasteiger charge is 2.17. The molecule has 100 valence electrons. The third-order valence-corrected chi connectivity index (χ3v) is 3.73. The fourth-order valence-corrected chi connectivity index (χ4v) is 2.55. The molecule has 0 radical (unpaired) electrons. The Balaban J connectivity index is 2.96. The van der Waals surface area contributed by atoms with E-state index < -0.39 is 5.97 Å². The first-order valence-corrected chi connectivity index (χ1v) is 7.45. The zero-order valence-electron chi connectivity index (χ0n) is 11.3. The summed E-state index contributed by atoms with van der Waals surface area (Å²) >= 11 is 1.48. The lowest BCUT2D eigenvalue weighted by Crippen LogP contribution is -2.21. The van der Waals surface area contributed by atoms with Crippen molar-refractivity contribution in [3.8, 4) is 0 Å². The third kappa shape index (κ3) is 3.67. The Morgan fingerprint density at radius 1 is 1.39 bits per heavy atom. The van der Waals surface area contributed by atoms with Crippen LogP contribution in [0.25, 0.3) is 0 Å². The minimum absolute atomic E-state index is 0.420. The molecule has 4 heteroatoms. The molecular weight excluding hydrogens is 246 g/mol. The van der Waals surface area contributed by atoms with E-state index in [1.54, 1.807) is 0 Å². The number of rotatable bonds is 7. The average Bonchev–Trinajstić information content (AvgIpc) is 2.37. The van der Waals surface area contributed by atoms with E-state index in [0.29, 0.717) is 5.56 Å². The Kier molecular flexibility index (Phi) is 6.05. The molecule has 0 saturated heterocycles. The van der Waals surface area contributed by atoms with E-state index in [0.717, 1.165) is 23.5 Å². The van der Waals surface area contributed by atoms with Crippen molar-refractivity contribution in [3.63, 3.8) is 0 Å². The molecule has 0 heterocycles. The van der Waals surface area contributed by atoms with Crippen LogP contribution in [0.2, 0.25) is 0 Å². The standard InChI is InChI=1S/C14H21NO2S/c1-4-5-6-10-15(2)11-8-7-9-12(18-3)13(11)14(16)17/h7-9H,4-6,10H2,1-3H3,(H,16,17). The highest BCUT2D eigenvalue weighted by molar-refractivity contribution is 7.98. The molecule has 1 aromatic carbocycles. The first-order chi connectivity index (χ1) is 8.61. The third-order valence-electron chi connectivity index (χ3n) is 2.95. The summed E-state index contributed by atoms with van der Waals surface area (Å²) in [6.07, 6.45) is 5.34. The Morgan fingerprint density at radius 3 is 2.67 bits per heavy atom. The Morgan fingerprint density at radius 2 is 2.11 bits per heavy atom. The first kappa shape index (κ1) is 14.9. The fourth-order valence-electron chi connectivity index (χ4n) is 1.94. The van der Waals surface area contributed by atoms with Crippen molar-refractivity contribution in [1.29, 1.82) is 0 Å². The molecule has 0 aliphatic rings. The van der Waals surface area contributed by atoms with Crippen LogP contribution in [0, 0.1) is 0 Å². The molecule has 0 aliphatic carbocycles. The van der Waals surface area contributed by atoms with Crippen molar-refractivity contribution < 1.29 is 9.90 Å². The van der Waals surface area contributed by atoms with Crippen molar-refractivity contribution >= 4 is 23.4 Å². The summed E-state index contributed by atoms with van der Waals surface area (Å²) in [7, 11) is 1.96. The van der Waals surface area contributed by atoms with Crippen LogP contribution in [0.15, 0.2) is 23.1 Å². The lowest BCUT2D eigenvalue weighted by molar-refractivity contribution is 0.0694. The number of thioether (sulfide) groups is 1. The SMILES string of the molecule is CCCCCN(C)c1cccc(SC)c1C(=O)O. The van der Waals surface area contributed by atoms with E-state index >= 15 is 0 Å². The molecule has 0 fully saturated rings. The van der Waals surface area contributed by atoms with Crippen molar-refractivity contribution in [3.05, 3.63) is 23.8 Å². The molecule has 18 heavy (non-hydrogen) atoms. The van der Waals surface area contributed by atoms with Crippen LogP contribution in [-0.4, -0.2) is 30.9 Å².